The van der Waals surface area contributed by atoms with Crippen LogP contribution in [0.1, 0.15) is 16.5 Å². The zero-order valence-electron chi connectivity index (χ0n) is 10.1. The van der Waals surface area contributed by atoms with Gasteiger partial charge in [-0.05, 0) is 35.2 Å². The van der Waals surface area contributed by atoms with E-state index < -0.39 is 0 Å². The van der Waals surface area contributed by atoms with Gasteiger partial charge >= 0.3 is 0 Å². The summed E-state index contributed by atoms with van der Waals surface area (Å²) < 4.78 is 14.5. The SMILES string of the molecule is NNC(c1cccc(F)c1)c1cc2ccccc2s1. The number of thiophene rings is 1. The molecule has 3 aromatic rings. The highest BCUT2D eigenvalue weighted by molar-refractivity contribution is 7.19. The number of rotatable bonds is 3. The third kappa shape index (κ3) is 2.38. The van der Waals surface area contributed by atoms with Gasteiger partial charge in [0.15, 0.2) is 0 Å². The molecule has 96 valence electrons. The molecule has 0 fully saturated rings. The molecule has 2 nitrogen and oxygen atoms in total. The Morgan fingerprint density at radius 2 is 1.89 bits per heavy atom. The summed E-state index contributed by atoms with van der Waals surface area (Å²) in [5.74, 6) is 5.39. The molecule has 0 amide bonds. The average Bonchev–Trinajstić information content (AvgIpc) is 2.83. The van der Waals surface area contributed by atoms with Crippen LogP contribution in [0.3, 0.4) is 0 Å². The van der Waals surface area contributed by atoms with E-state index in [9.17, 15) is 4.39 Å². The van der Waals surface area contributed by atoms with Crippen LogP contribution in [0, 0.1) is 5.82 Å². The summed E-state index contributed by atoms with van der Waals surface area (Å²) in [5.41, 5.74) is 3.59. The molecule has 2 aromatic carbocycles. The second kappa shape index (κ2) is 5.09. The first-order chi connectivity index (χ1) is 9.28. The maximum atomic E-state index is 13.3. The molecule has 0 saturated carbocycles. The van der Waals surface area contributed by atoms with Crippen molar-refractivity contribution in [3.05, 3.63) is 70.9 Å². The molecule has 4 heteroatoms. The van der Waals surface area contributed by atoms with Crippen molar-refractivity contribution < 1.29 is 4.39 Å². The highest BCUT2D eigenvalue weighted by atomic mass is 32.1. The number of hydrazine groups is 1. The van der Waals surface area contributed by atoms with E-state index in [-0.39, 0.29) is 11.9 Å². The molecular formula is C15H13FN2S. The van der Waals surface area contributed by atoms with Crippen molar-refractivity contribution in [2.45, 2.75) is 6.04 Å². The van der Waals surface area contributed by atoms with Crippen LogP contribution in [-0.2, 0) is 0 Å². The Morgan fingerprint density at radius 1 is 1.05 bits per heavy atom. The summed E-state index contributed by atoms with van der Waals surface area (Å²) in [6.07, 6.45) is 0. The van der Waals surface area contributed by atoms with Gasteiger partial charge in [-0.15, -0.1) is 11.3 Å². The van der Waals surface area contributed by atoms with Crippen molar-refractivity contribution in [1.29, 1.82) is 0 Å². The average molecular weight is 272 g/mol. The van der Waals surface area contributed by atoms with Crippen molar-refractivity contribution in [2.75, 3.05) is 0 Å². The van der Waals surface area contributed by atoms with E-state index in [0.29, 0.717) is 0 Å². The third-order valence-corrected chi connectivity index (χ3v) is 4.26. The zero-order chi connectivity index (χ0) is 13.2. The molecule has 3 N–H and O–H groups in total. The first-order valence-electron chi connectivity index (χ1n) is 5.98. The molecule has 0 saturated heterocycles. The first-order valence-corrected chi connectivity index (χ1v) is 6.79. The first kappa shape index (κ1) is 12.3. The summed E-state index contributed by atoms with van der Waals surface area (Å²) in [6, 6.07) is 16.6. The molecule has 0 aliphatic heterocycles. The molecule has 0 aliphatic rings. The fourth-order valence-electron chi connectivity index (χ4n) is 2.17. The van der Waals surface area contributed by atoms with E-state index in [1.165, 1.54) is 22.2 Å². The molecule has 0 radical (unpaired) electrons. The monoisotopic (exact) mass is 272 g/mol. The lowest BCUT2D eigenvalue weighted by Crippen LogP contribution is -2.28. The van der Waals surface area contributed by atoms with Gasteiger partial charge in [0.25, 0.3) is 0 Å². The number of fused-ring (bicyclic) bond motifs is 1. The summed E-state index contributed by atoms with van der Waals surface area (Å²) in [7, 11) is 0. The fraction of sp³-hybridized carbons (Fsp3) is 0.0667. The lowest BCUT2D eigenvalue weighted by molar-refractivity contribution is 0.609. The minimum atomic E-state index is -0.251. The van der Waals surface area contributed by atoms with E-state index in [0.717, 1.165) is 10.4 Å². The van der Waals surface area contributed by atoms with E-state index in [1.807, 2.05) is 18.2 Å². The van der Waals surface area contributed by atoms with Gasteiger partial charge in [-0.25, -0.2) is 9.82 Å². The number of nitrogens with two attached hydrogens (primary N) is 1. The Balaban J connectivity index is 2.06. The highest BCUT2D eigenvalue weighted by Crippen LogP contribution is 2.32. The molecular weight excluding hydrogens is 259 g/mol. The van der Waals surface area contributed by atoms with Crippen molar-refractivity contribution in [1.82, 2.24) is 5.43 Å². The van der Waals surface area contributed by atoms with Gasteiger partial charge in [-0.2, -0.15) is 0 Å². The van der Waals surface area contributed by atoms with Gasteiger partial charge in [-0.1, -0.05) is 30.3 Å². The predicted octanol–water partition coefficient (Wildman–Crippen LogP) is 3.59. The van der Waals surface area contributed by atoms with Crippen molar-refractivity contribution in [2.24, 2.45) is 5.84 Å². The molecule has 1 heterocycles. The maximum absolute atomic E-state index is 13.3. The van der Waals surface area contributed by atoms with E-state index in [2.05, 4.69) is 23.6 Å². The van der Waals surface area contributed by atoms with Crippen LogP contribution < -0.4 is 11.3 Å². The molecule has 1 unspecified atom stereocenters. The topological polar surface area (TPSA) is 38.0 Å². The van der Waals surface area contributed by atoms with Gasteiger partial charge in [0.2, 0.25) is 0 Å². The summed E-state index contributed by atoms with van der Waals surface area (Å²) in [5, 5.41) is 1.18. The van der Waals surface area contributed by atoms with Crippen LogP contribution in [0.4, 0.5) is 4.39 Å². The lowest BCUT2D eigenvalue weighted by atomic mass is 10.1. The van der Waals surface area contributed by atoms with Gasteiger partial charge in [0.05, 0.1) is 6.04 Å². The van der Waals surface area contributed by atoms with Gasteiger partial charge in [-0.3, -0.25) is 5.84 Å². The Bertz CT molecular complexity index is 675. The van der Waals surface area contributed by atoms with Crippen LogP contribution in [0.25, 0.3) is 10.1 Å². The lowest BCUT2D eigenvalue weighted by Gasteiger charge is -2.14. The minimum absolute atomic E-state index is 0.187. The smallest absolute Gasteiger partial charge is 0.123 e. The van der Waals surface area contributed by atoms with Gasteiger partial charge in [0.1, 0.15) is 5.82 Å². The van der Waals surface area contributed by atoms with Crippen molar-refractivity contribution in [3.8, 4) is 0 Å². The van der Waals surface area contributed by atoms with Gasteiger partial charge < -0.3 is 0 Å². The van der Waals surface area contributed by atoms with E-state index in [4.69, 9.17) is 5.84 Å². The van der Waals surface area contributed by atoms with Gasteiger partial charge in [0, 0.05) is 9.58 Å². The molecule has 1 atom stereocenters. The largest absolute Gasteiger partial charge is 0.271 e. The number of hydrogen-bond donors (Lipinski definition) is 2. The Kier molecular flexibility index (Phi) is 3.29. The second-order valence-electron chi connectivity index (χ2n) is 4.34. The molecule has 1 aromatic heterocycles. The normalized spacial score (nSPS) is 12.7. The molecule has 0 bridgehead atoms. The maximum Gasteiger partial charge on any atom is 0.123 e. The van der Waals surface area contributed by atoms with Crippen LogP contribution in [-0.4, -0.2) is 0 Å². The van der Waals surface area contributed by atoms with Crippen molar-refractivity contribution >= 4 is 21.4 Å². The summed E-state index contributed by atoms with van der Waals surface area (Å²) >= 11 is 1.67. The molecule has 3 rings (SSSR count). The fourth-order valence-corrected chi connectivity index (χ4v) is 3.33. The van der Waals surface area contributed by atoms with Crippen LogP contribution >= 0.6 is 11.3 Å². The Labute approximate surface area is 114 Å². The van der Waals surface area contributed by atoms with E-state index in [1.54, 1.807) is 17.4 Å². The third-order valence-electron chi connectivity index (χ3n) is 3.08. The highest BCUT2D eigenvalue weighted by Gasteiger charge is 2.15. The minimum Gasteiger partial charge on any atom is -0.271 e. The van der Waals surface area contributed by atoms with Crippen molar-refractivity contribution in [3.63, 3.8) is 0 Å². The quantitative estimate of drug-likeness (QED) is 0.565. The Morgan fingerprint density at radius 3 is 2.63 bits per heavy atom. The predicted molar refractivity (Wildman–Crippen MR) is 77.4 cm³/mol. The van der Waals surface area contributed by atoms with Crippen LogP contribution in [0.5, 0.6) is 0 Å². The zero-order valence-corrected chi connectivity index (χ0v) is 11.0. The molecule has 0 spiro atoms. The number of halogens is 1. The number of benzene rings is 2. The Hall–Kier alpha value is -1.75. The summed E-state index contributed by atoms with van der Waals surface area (Å²) in [6.45, 7) is 0. The number of nitrogens with one attached hydrogen (secondary N) is 1. The van der Waals surface area contributed by atoms with Crippen LogP contribution in [0.15, 0.2) is 54.6 Å². The number of hydrogen-bond acceptors (Lipinski definition) is 3. The second-order valence-corrected chi connectivity index (χ2v) is 5.46. The molecule has 0 aliphatic carbocycles. The van der Waals surface area contributed by atoms with Crippen LogP contribution in [0.2, 0.25) is 0 Å². The van der Waals surface area contributed by atoms with E-state index >= 15 is 0 Å². The summed E-state index contributed by atoms with van der Waals surface area (Å²) in [4.78, 5) is 1.08. The standard InChI is InChI=1S/C15H13FN2S/c16-12-6-3-5-11(8-12)15(18-17)14-9-10-4-1-2-7-13(10)19-14/h1-9,15,18H,17H2. The molecule has 19 heavy (non-hydrogen) atoms.